The molecular weight excluding hydrogens is 128 g/mol. The molecule has 0 unspecified atom stereocenters. The van der Waals surface area contributed by atoms with Gasteiger partial charge in [0, 0.05) is 14.0 Å². The predicted octanol–water partition coefficient (Wildman–Crippen LogP) is 0.931. The first-order valence-electron chi connectivity index (χ1n) is 3.12. The maximum Gasteiger partial charge on any atom is 0.178 e. The van der Waals surface area contributed by atoms with Crippen molar-refractivity contribution in [3.8, 4) is 0 Å². The molecular formula is C7H10N2O. The Balaban J connectivity index is 3.23. The maximum atomic E-state index is 10.9. The lowest BCUT2D eigenvalue weighted by atomic mass is 10.2. The van der Waals surface area contributed by atoms with Gasteiger partial charge in [-0.1, -0.05) is 0 Å². The molecule has 0 saturated carbocycles. The molecule has 0 atom stereocenters. The standard InChI is InChI=1S/C7H10N2O/c1-5-4-8-9(3)7(5)6(2)10/h4H,1-3H3. The summed E-state index contributed by atoms with van der Waals surface area (Å²) in [5.41, 5.74) is 1.63. The van der Waals surface area contributed by atoms with E-state index in [9.17, 15) is 4.79 Å². The second-order valence-electron chi connectivity index (χ2n) is 2.36. The van der Waals surface area contributed by atoms with Crippen LogP contribution >= 0.6 is 0 Å². The Bertz CT molecular complexity index is 243. The van der Waals surface area contributed by atoms with Crippen LogP contribution in [-0.2, 0) is 7.05 Å². The third-order valence-electron chi connectivity index (χ3n) is 1.46. The molecule has 1 rings (SSSR count). The summed E-state index contributed by atoms with van der Waals surface area (Å²) in [6, 6.07) is 0. The minimum Gasteiger partial charge on any atom is -0.293 e. The molecule has 1 aromatic rings. The third-order valence-corrected chi connectivity index (χ3v) is 1.46. The molecule has 54 valence electrons. The van der Waals surface area contributed by atoms with Gasteiger partial charge in [-0.2, -0.15) is 5.10 Å². The van der Waals surface area contributed by atoms with Gasteiger partial charge >= 0.3 is 0 Å². The van der Waals surface area contributed by atoms with Crippen LogP contribution in [-0.4, -0.2) is 15.6 Å². The van der Waals surface area contributed by atoms with Crippen molar-refractivity contribution in [2.75, 3.05) is 0 Å². The summed E-state index contributed by atoms with van der Waals surface area (Å²) in [6.07, 6.45) is 1.69. The summed E-state index contributed by atoms with van der Waals surface area (Å²) in [4.78, 5) is 10.9. The molecule has 3 nitrogen and oxygen atoms in total. The number of hydrogen-bond donors (Lipinski definition) is 0. The highest BCUT2D eigenvalue weighted by atomic mass is 16.1. The molecule has 1 heterocycles. The van der Waals surface area contributed by atoms with Crippen LogP contribution in [0.15, 0.2) is 6.20 Å². The van der Waals surface area contributed by atoms with Crippen LogP contribution in [0.4, 0.5) is 0 Å². The van der Waals surface area contributed by atoms with E-state index in [1.54, 1.807) is 24.9 Å². The predicted molar refractivity (Wildman–Crippen MR) is 37.9 cm³/mol. The highest BCUT2D eigenvalue weighted by molar-refractivity contribution is 5.93. The van der Waals surface area contributed by atoms with Crippen molar-refractivity contribution in [3.05, 3.63) is 17.5 Å². The third kappa shape index (κ3) is 0.943. The lowest BCUT2D eigenvalue weighted by Gasteiger charge is -1.95. The number of rotatable bonds is 1. The fourth-order valence-corrected chi connectivity index (χ4v) is 1.05. The molecule has 1 aromatic heterocycles. The van der Waals surface area contributed by atoms with Crippen LogP contribution in [0.25, 0.3) is 0 Å². The number of hydrogen-bond acceptors (Lipinski definition) is 2. The summed E-state index contributed by atoms with van der Waals surface area (Å²) >= 11 is 0. The molecule has 0 aromatic carbocycles. The summed E-state index contributed by atoms with van der Waals surface area (Å²) < 4.78 is 1.59. The van der Waals surface area contributed by atoms with E-state index in [0.29, 0.717) is 5.69 Å². The largest absolute Gasteiger partial charge is 0.293 e. The number of aromatic nitrogens is 2. The number of carbonyl (C=O) groups excluding carboxylic acids is 1. The van der Waals surface area contributed by atoms with E-state index in [1.165, 1.54) is 0 Å². The zero-order valence-electron chi connectivity index (χ0n) is 6.38. The fourth-order valence-electron chi connectivity index (χ4n) is 1.05. The van der Waals surface area contributed by atoms with E-state index >= 15 is 0 Å². The van der Waals surface area contributed by atoms with E-state index in [1.807, 2.05) is 6.92 Å². The Morgan fingerprint density at radius 3 is 2.50 bits per heavy atom. The van der Waals surface area contributed by atoms with Gasteiger partial charge in [-0.3, -0.25) is 9.48 Å². The normalized spacial score (nSPS) is 9.90. The van der Waals surface area contributed by atoms with Gasteiger partial charge in [-0.15, -0.1) is 0 Å². The van der Waals surface area contributed by atoms with Crippen molar-refractivity contribution < 1.29 is 4.79 Å². The Morgan fingerprint density at radius 1 is 1.70 bits per heavy atom. The minimum atomic E-state index is 0.0671. The van der Waals surface area contributed by atoms with E-state index in [2.05, 4.69) is 5.10 Å². The molecule has 0 radical (unpaired) electrons. The van der Waals surface area contributed by atoms with Crippen LogP contribution in [0, 0.1) is 6.92 Å². The van der Waals surface area contributed by atoms with Crippen LogP contribution in [0.5, 0.6) is 0 Å². The van der Waals surface area contributed by atoms with Crippen molar-refractivity contribution >= 4 is 5.78 Å². The SMILES string of the molecule is CC(=O)c1c(C)cnn1C. The molecule has 0 N–H and O–H groups in total. The van der Waals surface area contributed by atoms with Gasteiger partial charge in [0.05, 0.1) is 6.20 Å². The fraction of sp³-hybridized carbons (Fsp3) is 0.429. The minimum absolute atomic E-state index is 0.0671. The Hall–Kier alpha value is -1.12. The number of aryl methyl sites for hydroxylation is 2. The summed E-state index contributed by atoms with van der Waals surface area (Å²) in [6.45, 7) is 3.42. The van der Waals surface area contributed by atoms with Gasteiger partial charge in [0.15, 0.2) is 5.78 Å². The van der Waals surface area contributed by atoms with Crippen LogP contribution in [0.3, 0.4) is 0 Å². The molecule has 0 spiro atoms. The molecule has 3 heteroatoms. The highest BCUT2D eigenvalue weighted by Gasteiger charge is 2.07. The van der Waals surface area contributed by atoms with Crippen LogP contribution in [0.2, 0.25) is 0 Å². The van der Waals surface area contributed by atoms with E-state index in [-0.39, 0.29) is 5.78 Å². The van der Waals surface area contributed by atoms with Crippen molar-refractivity contribution in [2.45, 2.75) is 13.8 Å². The Morgan fingerprint density at radius 2 is 2.30 bits per heavy atom. The number of Topliss-reactive ketones (excluding diaryl/α,β-unsaturated/α-hetero) is 1. The number of carbonyl (C=O) groups is 1. The summed E-state index contributed by atoms with van der Waals surface area (Å²) in [7, 11) is 1.77. The number of ketones is 1. The van der Waals surface area contributed by atoms with Crippen molar-refractivity contribution in [3.63, 3.8) is 0 Å². The lowest BCUT2D eigenvalue weighted by Crippen LogP contribution is -2.03. The van der Waals surface area contributed by atoms with E-state index < -0.39 is 0 Å². The first-order valence-corrected chi connectivity index (χ1v) is 3.12. The van der Waals surface area contributed by atoms with Crippen LogP contribution in [0.1, 0.15) is 23.0 Å². The topological polar surface area (TPSA) is 34.9 Å². The average Bonchev–Trinajstić information content (AvgIpc) is 2.11. The summed E-state index contributed by atoms with van der Waals surface area (Å²) in [5, 5.41) is 3.93. The molecule has 0 aliphatic carbocycles. The second kappa shape index (κ2) is 2.25. The molecule has 0 amide bonds. The smallest absolute Gasteiger partial charge is 0.178 e. The molecule has 0 aliphatic heterocycles. The van der Waals surface area contributed by atoms with Gasteiger partial charge in [0.1, 0.15) is 5.69 Å². The molecule has 10 heavy (non-hydrogen) atoms. The first-order chi connectivity index (χ1) is 4.63. The van der Waals surface area contributed by atoms with Crippen molar-refractivity contribution in [1.82, 2.24) is 9.78 Å². The Labute approximate surface area is 59.7 Å². The second-order valence-corrected chi connectivity index (χ2v) is 2.36. The zero-order valence-corrected chi connectivity index (χ0v) is 6.38. The lowest BCUT2D eigenvalue weighted by molar-refractivity contribution is 0.100. The van der Waals surface area contributed by atoms with Crippen LogP contribution < -0.4 is 0 Å². The average molecular weight is 138 g/mol. The van der Waals surface area contributed by atoms with Gasteiger partial charge < -0.3 is 0 Å². The van der Waals surface area contributed by atoms with Crippen molar-refractivity contribution in [1.29, 1.82) is 0 Å². The maximum absolute atomic E-state index is 10.9. The molecule has 0 saturated heterocycles. The molecule has 0 aliphatic rings. The van der Waals surface area contributed by atoms with E-state index in [0.717, 1.165) is 5.56 Å². The number of nitrogens with zero attached hydrogens (tertiary/aromatic N) is 2. The quantitative estimate of drug-likeness (QED) is 0.541. The highest BCUT2D eigenvalue weighted by Crippen LogP contribution is 2.04. The van der Waals surface area contributed by atoms with Gasteiger partial charge in [-0.05, 0) is 12.5 Å². The molecule has 0 fully saturated rings. The summed E-state index contributed by atoms with van der Waals surface area (Å²) in [5.74, 6) is 0.0671. The first kappa shape index (κ1) is 6.99. The van der Waals surface area contributed by atoms with Gasteiger partial charge in [0.2, 0.25) is 0 Å². The van der Waals surface area contributed by atoms with Gasteiger partial charge in [-0.25, -0.2) is 0 Å². The monoisotopic (exact) mass is 138 g/mol. The van der Waals surface area contributed by atoms with E-state index in [4.69, 9.17) is 0 Å². The van der Waals surface area contributed by atoms with Crippen molar-refractivity contribution in [2.24, 2.45) is 7.05 Å². The Kier molecular flexibility index (Phi) is 1.57. The molecule has 0 bridgehead atoms. The zero-order chi connectivity index (χ0) is 7.72. The van der Waals surface area contributed by atoms with Gasteiger partial charge in [0.25, 0.3) is 0 Å².